The Hall–Kier alpha value is -3.08. The smallest absolute Gasteiger partial charge is 0.248 e. The third-order valence-electron chi connectivity index (χ3n) is 4.28. The molecule has 0 unspecified atom stereocenters. The van der Waals surface area contributed by atoms with Crippen LogP contribution in [0.25, 0.3) is 6.08 Å². The summed E-state index contributed by atoms with van der Waals surface area (Å²) < 4.78 is 11.5. The summed E-state index contributed by atoms with van der Waals surface area (Å²) in [6.45, 7) is 5.99. The second-order valence-electron chi connectivity index (χ2n) is 6.52. The van der Waals surface area contributed by atoms with E-state index in [-0.39, 0.29) is 17.8 Å². The van der Waals surface area contributed by atoms with Crippen LogP contribution in [0.2, 0.25) is 0 Å². The van der Waals surface area contributed by atoms with E-state index in [1.54, 1.807) is 30.3 Å². The maximum Gasteiger partial charge on any atom is 0.248 e. The fraction of sp³-hybridized carbons (Fsp3) is 0.273. The number of ether oxygens (including phenoxy) is 2. The fourth-order valence-electron chi connectivity index (χ4n) is 3.03. The minimum atomic E-state index is -0.284. The van der Waals surface area contributed by atoms with Crippen molar-refractivity contribution in [1.29, 1.82) is 0 Å². The molecule has 27 heavy (non-hydrogen) atoms. The molecule has 1 N–H and O–H groups in total. The van der Waals surface area contributed by atoms with Gasteiger partial charge in [0.2, 0.25) is 5.91 Å². The van der Waals surface area contributed by atoms with Crippen LogP contribution in [0, 0.1) is 0 Å². The number of Topliss-reactive ketones (excluding diaryl/α,β-unsaturated/α-hetero) is 1. The maximum atomic E-state index is 12.3. The highest BCUT2D eigenvalue weighted by molar-refractivity contribution is 6.03. The van der Waals surface area contributed by atoms with Crippen molar-refractivity contribution in [2.45, 2.75) is 33.3 Å². The molecule has 3 rings (SSSR count). The first-order valence-electron chi connectivity index (χ1n) is 9.02. The van der Waals surface area contributed by atoms with Crippen LogP contribution >= 0.6 is 0 Å². The third kappa shape index (κ3) is 4.56. The largest absolute Gasteiger partial charge is 0.493 e. The van der Waals surface area contributed by atoms with E-state index in [9.17, 15) is 9.59 Å². The number of fused-ring (bicyclic) bond motifs is 1. The highest BCUT2D eigenvalue weighted by atomic mass is 16.5. The van der Waals surface area contributed by atoms with Gasteiger partial charge in [-0.1, -0.05) is 12.1 Å². The van der Waals surface area contributed by atoms with Gasteiger partial charge in [0.25, 0.3) is 0 Å². The second-order valence-corrected chi connectivity index (χ2v) is 6.52. The van der Waals surface area contributed by atoms with Crippen LogP contribution in [0.15, 0.2) is 42.5 Å². The highest BCUT2D eigenvalue weighted by Gasteiger charge is 2.21. The molecule has 1 heterocycles. The van der Waals surface area contributed by atoms with Gasteiger partial charge in [-0.25, -0.2) is 0 Å². The van der Waals surface area contributed by atoms with Gasteiger partial charge >= 0.3 is 0 Å². The number of amides is 1. The van der Waals surface area contributed by atoms with Crippen molar-refractivity contribution in [2.75, 3.05) is 11.9 Å². The van der Waals surface area contributed by atoms with E-state index in [4.69, 9.17) is 9.47 Å². The Morgan fingerprint density at radius 3 is 2.85 bits per heavy atom. The second kappa shape index (κ2) is 8.08. The number of hydrogen-bond donors (Lipinski definition) is 1. The molecule has 5 nitrogen and oxygen atoms in total. The van der Waals surface area contributed by atoms with Crippen molar-refractivity contribution >= 4 is 23.5 Å². The fourth-order valence-corrected chi connectivity index (χ4v) is 3.03. The number of anilines is 1. The van der Waals surface area contributed by atoms with Gasteiger partial charge in [0.15, 0.2) is 5.78 Å². The number of hydrogen-bond acceptors (Lipinski definition) is 4. The number of rotatable bonds is 6. The van der Waals surface area contributed by atoms with E-state index in [0.29, 0.717) is 17.9 Å². The summed E-state index contributed by atoms with van der Waals surface area (Å²) in [6, 6.07) is 10.7. The molecule has 0 aliphatic carbocycles. The van der Waals surface area contributed by atoms with E-state index in [2.05, 4.69) is 5.32 Å². The zero-order valence-electron chi connectivity index (χ0n) is 15.7. The molecular formula is C22H23NO4. The average molecular weight is 365 g/mol. The first-order valence-corrected chi connectivity index (χ1v) is 9.02. The van der Waals surface area contributed by atoms with Gasteiger partial charge < -0.3 is 14.8 Å². The molecule has 0 bridgehead atoms. The first-order chi connectivity index (χ1) is 13.0. The van der Waals surface area contributed by atoms with Gasteiger partial charge in [-0.3, -0.25) is 9.59 Å². The van der Waals surface area contributed by atoms with Crippen LogP contribution in [-0.2, 0) is 11.2 Å². The summed E-state index contributed by atoms with van der Waals surface area (Å²) in [5.41, 5.74) is 3.04. The lowest BCUT2D eigenvalue weighted by molar-refractivity contribution is -0.111. The SMILES string of the molecule is CCOc1cc2c(cc1/C=C/C(=O)Nc1cccc(C(C)=O)c1)O[C@@H](C)C2. The lowest BCUT2D eigenvalue weighted by Crippen LogP contribution is -2.08. The molecular weight excluding hydrogens is 342 g/mol. The number of ketones is 1. The van der Waals surface area contributed by atoms with Crippen molar-refractivity contribution < 1.29 is 19.1 Å². The molecule has 0 spiro atoms. The number of carbonyl (C=O) groups is 2. The van der Waals surface area contributed by atoms with Crippen LogP contribution in [-0.4, -0.2) is 24.4 Å². The molecule has 0 saturated heterocycles. The first kappa shape index (κ1) is 18.7. The lowest BCUT2D eigenvalue weighted by Gasteiger charge is -2.10. The van der Waals surface area contributed by atoms with Crippen molar-refractivity contribution in [1.82, 2.24) is 0 Å². The summed E-state index contributed by atoms with van der Waals surface area (Å²) in [7, 11) is 0. The third-order valence-corrected chi connectivity index (χ3v) is 4.28. The predicted octanol–water partition coefficient (Wildman–Crippen LogP) is 4.26. The Balaban J connectivity index is 1.77. The van der Waals surface area contributed by atoms with E-state index in [1.807, 2.05) is 26.0 Å². The zero-order valence-corrected chi connectivity index (χ0v) is 15.7. The number of carbonyl (C=O) groups excluding carboxylic acids is 2. The molecule has 0 saturated carbocycles. The van der Waals surface area contributed by atoms with E-state index >= 15 is 0 Å². The van der Waals surface area contributed by atoms with Gasteiger partial charge in [0, 0.05) is 34.9 Å². The molecule has 2 aromatic rings. The van der Waals surface area contributed by atoms with Crippen LogP contribution in [0.5, 0.6) is 11.5 Å². The monoisotopic (exact) mass is 365 g/mol. The Morgan fingerprint density at radius 2 is 2.11 bits per heavy atom. The predicted molar refractivity (Wildman–Crippen MR) is 106 cm³/mol. The van der Waals surface area contributed by atoms with Crippen LogP contribution in [0.3, 0.4) is 0 Å². The molecule has 1 aliphatic rings. The van der Waals surface area contributed by atoms with Crippen molar-refractivity contribution in [3.8, 4) is 11.5 Å². The lowest BCUT2D eigenvalue weighted by atomic mass is 10.1. The number of benzene rings is 2. The standard InChI is InChI=1S/C22H23NO4/c1-4-26-20-13-18-10-14(2)27-21(18)12-17(20)8-9-22(25)23-19-7-5-6-16(11-19)15(3)24/h5-9,11-14H,4,10H2,1-3H3,(H,23,25)/b9-8+/t14-/m0/s1. The van der Waals surface area contributed by atoms with Crippen molar-refractivity contribution in [3.05, 3.63) is 59.2 Å². The highest BCUT2D eigenvalue weighted by Crippen LogP contribution is 2.35. The molecule has 0 radical (unpaired) electrons. The molecule has 5 heteroatoms. The molecule has 140 valence electrons. The summed E-state index contributed by atoms with van der Waals surface area (Å²) in [5, 5.41) is 2.77. The molecule has 2 aromatic carbocycles. The summed E-state index contributed by atoms with van der Waals surface area (Å²) in [5.74, 6) is 1.24. The van der Waals surface area contributed by atoms with Gasteiger partial charge in [0.1, 0.15) is 17.6 Å². The minimum Gasteiger partial charge on any atom is -0.493 e. The van der Waals surface area contributed by atoms with Crippen LogP contribution < -0.4 is 14.8 Å². The normalized spacial score (nSPS) is 15.3. The summed E-state index contributed by atoms with van der Waals surface area (Å²) >= 11 is 0. The van der Waals surface area contributed by atoms with Gasteiger partial charge in [0.05, 0.1) is 6.61 Å². The van der Waals surface area contributed by atoms with E-state index in [0.717, 1.165) is 29.0 Å². The van der Waals surface area contributed by atoms with E-state index in [1.165, 1.54) is 13.0 Å². The summed E-state index contributed by atoms with van der Waals surface area (Å²) in [4.78, 5) is 23.7. The Morgan fingerprint density at radius 1 is 1.30 bits per heavy atom. The zero-order chi connectivity index (χ0) is 19.4. The Bertz CT molecular complexity index is 901. The van der Waals surface area contributed by atoms with E-state index < -0.39 is 0 Å². The maximum absolute atomic E-state index is 12.3. The topological polar surface area (TPSA) is 64.6 Å². The van der Waals surface area contributed by atoms with Gasteiger partial charge in [-0.2, -0.15) is 0 Å². The van der Waals surface area contributed by atoms with Crippen LogP contribution in [0.4, 0.5) is 5.69 Å². The Labute approximate surface area is 159 Å². The van der Waals surface area contributed by atoms with Gasteiger partial charge in [-0.15, -0.1) is 0 Å². The molecule has 1 aliphatic heterocycles. The van der Waals surface area contributed by atoms with Crippen molar-refractivity contribution in [2.24, 2.45) is 0 Å². The molecule has 1 amide bonds. The number of nitrogens with one attached hydrogen (secondary N) is 1. The van der Waals surface area contributed by atoms with Crippen molar-refractivity contribution in [3.63, 3.8) is 0 Å². The minimum absolute atomic E-state index is 0.0460. The average Bonchev–Trinajstić information content (AvgIpc) is 2.99. The Kier molecular flexibility index (Phi) is 5.60. The summed E-state index contributed by atoms with van der Waals surface area (Å²) in [6.07, 6.45) is 4.16. The van der Waals surface area contributed by atoms with Gasteiger partial charge in [-0.05, 0) is 51.1 Å². The molecule has 0 aromatic heterocycles. The van der Waals surface area contributed by atoms with Crippen LogP contribution in [0.1, 0.15) is 42.3 Å². The molecule has 1 atom stereocenters. The quantitative estimate of drug-likeness (QED) is 0.613. The molecule has 0 fully saturated rings.